The molecule has 1 aliphatic heterocycles. The zero-order valence-electron chi connectivity index (χ0n) is 12.7. The molecule has 0 saturated carbocycles. The van der Waals surface area contributed by atoms with Crippen LogP contribution in [0.2, 0.25) is 0 Å². The highest BCUT2D eigenvalue weighted by molar-refractivity contribution is 14.0. The van der Waals surface area contributed by atoms with Crippen LogP contribution in [0.4, 0.5) is 0 Å². The first-order valence-corrected chi connectivity index (χ1v) is 6.98. The second-order valence-corrected chi connectivity index (χ2v) is 4.79. The summed E-state index contributed by atoms with van der Waals surface area (Å²) in [6.07, 6.45) is 5.25. The first-order chi connectivity index (χ1) is 9.19. The summed E-state index contributed by atoms with van der Waals surface area (Å²) in [5, 5.41) is 6.29. The molecule has 5 nitrogen and oxygen atoms in total. The molecule has 0 aromatic carbocycles. The quantitative estimate of drug-likeness (QED) is 0.315. The maximum absolute atomic E-state index is 5.46. The Hall–Kier alpha value is -0.520. The number of hydrogen-bond donors (Lipinski definition) is 2. The van der Waals surface area contributed by atoms with E-state index in [0.717, 1.165) is 38.8 Å². The third-order valence-corrected chi connectivity index (χ3v) is 3.20. The fourth-order valence-corrected chi connectivity index (χ4v) is 2.20. The summed E-state index contributed by atoms with van der Waals surface area (Å²) in [6.45, 7) is 11.1. The molecular weight excluding hydrogens is 367 g/mol. The zero-order valence-corrected chi connectivity index (χ0v) is 15.0. The van der Waals surface area contributed by atoms with Crippen LogP contribution >= 0.6 is 24.0 Å². The van der Waals surface area contributed by atoms with Crippen LogP contribution < -0.4 is 10.6 Å². The predicted molar refractivity (Wildman–Crippen MR) is 94.7 cm³/mol. The van der Waals surface area contributed by atoms with Crippen LogP contribution in [0.25, 0.3) is 0 Å². The van der Waals surface area contributed by atoms with E-state index in [1.807, 2.05) is 6.92 Å². The number of nitrogens with zero attached hydrogens (tertiary/aromatic N) is 2. The fourth-order valence-electron chi connectivity index (χ4n) is 2.20. The molecule has 0 aliphatic carbocycles. The third-order valence-electron chi connectivity index (χ3n) is 3.20. The van der Waals surface area contributed by atoms with Crippen LogP contribution in [0.3, 0.4) is 0 Å². The number of hydrogen-bond acceptors (Lipinski definition) is 3. The van der Waals surface area contributed by atoms with Crippen LogP contribution in [-0.4, -0.2) is 62.3 Å². The summed E-state index contributed by atoms with van der Waals surface area (Å²) in [6, 6.07) is 0.861. The lowest BCUT2D eigenvalue weighted by molar-refractivity contribution is -0.0165. The van der Waals surface area contributed by atoms with Gasteiger partial charge in [-0.15, -0.1) is 30.4 Å². The molecule has 1 aliphatic rings. The Morgan fingerprint density at radius 2 is 2.30 bits per heavy atom. The molecule has 1 heterocycles. The lowest BCUT2D eigenvalue weighted by Crippen LogP contribution is -2.49. The SMILES string of the molecule is C#CCNC(=NCC(C)N1CCOCC1C)NCC.I. The molecule has 0 amide bonds. The van der Waals surface area contributed by atoms with E-state index in [0.29, 0.717) is 18.6 Å². The Labute approximate surface area is 139 Å². The van der Waals surface area contributed by atoms with E-state index < -0.39 is 0 Å². The molecule has 1 fully saturated rings. The summed E-state index contributed by atoms with van der Waals surface area (Å²) >= 11 is 0. The number of rotatable bonds is 5. The van der Waals surface area contributed by atoms with Gasteiger partial charge in [-0.3, -0.25) is 9.89 Å². The van der Waals surface area contributed by atoms with E-state index in [9.17, 15) is 0 Å². The average molecular weight is 394 g/mol. The normalized spacial score (nSPS) is 21.5. The number of halogens is 1. The van der Waals surface area contributed by atoms with Crippen LogP contribution in [0, 0.1) is 12.3 Å². The molecule has 2 atom stereocenters. The Balaban J connectivity index is 0.00000361. The van der Waals surface area contributed by atoms with Gasteiger partial charge < -0.3 is 15.4 Å². The van der Waals surface area contributed by atoms with Crippen molar-refractivity contribution in [2.24, 2.45) is 4.99 Å². The molecule has 0 aromatic rings. The molecule has 116 valence electrons. The topological polar surface area (TPSA) is 48.9 Å². The lowest BCUT2D eigenvalue weighted by atomic mass is 10.2. The Morgan fingerprint density at radius 3 is 2.90 bits per heavy atom. The highest BCUT2D eigenvalue weighted by Crippen LogP contribution is 2.10. The Morgan fingerprint density at radius 1 is 1.55 bits per heavy atom. The van der Waals surface area contributed by atoms with Gasteiger partial charge in [0.2, 0.25) is 0 Å². The maximum Gasteiger partial charge on any atom is 0.192 e. The lowest BCUT2D eigenvalue weighted by Gasteiger charge is -2.37. The van der Waals surface area contributed by atoms with Crippen LogP contribution in [0.15, 0.2) is 4.99 Å². The summed E-state index contributed by atoms with van der Waals surface area (Å²) < 4.78 is 5.46. The third kappa shape index (κ3) is 6.77. The first kappa shape index (κ1) is 19.5. The van der Waals surface area contributed by atoms with Crippen molar-refractivity contribution in [3.8, 4) is 12.3 Å². The van der Waals surface area contributed by atoms with E-state index in [2.05, 4.69) is 40.3 Å². The monoisotopic (exact) mass is 394 g/mol. The van der Waals surface area contributed by atoms with Crippen LogP contribution in [0.5, 0.6) is 0 Å². The van der Waals surface area contributed by atoms with E-state index in [1.54, 1.807) is 0 Å². The highest BCUT2D eigenvalue weighted by atomic mass is 127. The molecule has 0 aromatic heterocycles. The smallest absolute Gasteiger partial charge is 0.192 e. The van der Waals surface area contributed by atoms with Gasteiger partial charge in [0.05, 0.1) is 26.3 Å². The fraction of sp³-hybridized carbons (Fsp3) is 0.786. The second kappa shape index (κ2) is 11.2. The van der Waals surface area contributed by atoms with Crippen molar-refractivity contribution in [2.45, 2.75) is 32.9 Å². The van der Waals surface area contributed by atoms with Gasteiger partial charge in [-0.25, -0.2) is 0 Å². The minimum absolute atomic E-state index is 0. The molecule has 1 rings (SSSR count). The van der Waals surface area contributed by atoms with Crippen molar-refractivity contribution in [1.29, 1.82) is 0 Å². The second-order valence-electron chi connectivity index (χ2n) is 4.79. The van der Waals surface area contributed by atoms with Gasteiger partial charge in [0.15, 0.2) is 5.96 Å². The van der Waals surface area contributed by atoms with Gasteiger partial charge in [0, 0.05) is 25.2 Å². The Kier molecular flexibility index (Phi) is 10.9. The van der Waals surface area contributed by atoms with E-state index in [-0.39, 0.29) is 24.0 Å². The van der Waals surface area contributed by atoms with E-state index >= 15 is 0 Å². The number of nitrogens with one attached hydrogen (secondary N) is 2. The van der Waals surface area contributed by atoms with Crippen molar-refractivity contribution in [3.63, 3.8) is 0 Å². The molecule has 20 heavy (non-hydrogen) atoms. The standard InChI is InChI=1S/C14H26N4O.HI/c1-5-7-16-14(15-6-2)17-10-12(3)18-8-9-19-11-13(18)4;/h1,12-13H,6-11H2,2-4H3,(H2,15,16,17);1H. The molecular formula is C14H27IN4O. The van der Waals surface area contributed by atoms with Gasteiger partial charge in [0.25, 0.3) is 0 Å². The maximum atomic E-state index is 5.46. The molecule has 0 radical (unpaired) electrons. The first-order valence-electron chi connectivity index (χ1n) is 6.98. The predicted octanol–water partition coefficient (Wildman–Crippen LogP) is 0.902. The number of morpholine rings is 1. The summed E-state index contributed by atoms with van der Waals surface area (Å²) in [4.78, 5) is 7.02. The minimum atomic E-state index is 0. The summed E-state index contributed by atoms with van der Waals surface area (Å²) in [5.74, 6) is 3.34. The van der Waals surface area contributed by atoms with Gasteiger partial charge in [0.1, 0.15) is 0 Å². The Bertz CT molecular complexity index is 330. The van der Waals surface area contributed by atoms with Crippen molar-refractivity contribution >= 4 is 29.9 Å². The number of guanidine groups is 1. The average Bonchev–Trinajstić information content (AvgIpc) is 2.42. The number of terminal acetylenes is 1. The van der Waals surface area contributed by atoms with Crippen molar-refractivity contribution in [2.75, 3.05) is 39.4 Å². The van der Waals surface area contributed by atoms with Crippen LogP contribution in [0.1, 0.15) is 20.8 Å². The summed E-state index contributed by atoms with van der Waals surface area (Å²) in [7, 11) is 0. The largest absolute Gasteiger partial charge is 0.379 e. The van der Waals surface area contributed by atoms with E-state index in [1.165, 1.54) is 0 Å². The summed E-state index contributed by atoms with van der Waals surface area (Å²) in [5.41, 5.74) is 0. The van der Waals surface area contributed by atoms with Gasteiger partial charge in [-0.1, -0.05) is 5.92 Å². The molecule has 1 saturated heterocycles. The van der Waals surface area contributed by atoms with Crippen molar-refractivity contribution in [1.82, 2.24) is 15.5 Å². The van der Waals surface area contributed by atoms with Gasteiger partial charge in [-0.05, 0) is 20.8 Å². The molecule has 2 unspecified atom stereocenters. The highest BCUT2D eigenvalue weighted by Gasteiger charge is 2.23. The molecule has 2 N–H and O–H groups in total. The van der Waals surface area contributed by atoms with Gasteiger partial charge in [-0.2, -0.15) is 0 Å². The number of ether oxygens (including phenoxy) is 1. The molecule has 0 bridgehead atoms. The van der Waals surface area contributed by atoms with E-state index in [4.69, 9.17) is 11.2 Å². The van der Waals surface area contributed by atoms with Crippen molar-refractivity contribution < 1.29 is 4.74 Å². The molecule has 6 heteroatoms. The van der Waals surface area contributed by atoms with Gasteiger partial charge >= 0.3 is 0 Å². The zero-order chi connectivity index (χ0) is 14.1. The molecule has 0 spiro atoms. The minimum Gasteiger partial charge on any atom is -0.379 e. The van der Waals surface area contributed by atoms with Crippen LogP contribution in [-0.2, 0) is 4.74 Å². The number of aliphatic imine (C=N–C) groups is 1. The van der Waals surface area contributed by atoms with Crippen molar-refractivity contribution in [3.05, 3.63) is 0 Å².